The van der Waals surface area contributed by atoms with E-state index in [1.165, 1.54) is 18.4 Å². The summed E-state index contributed by atoms with van der Waals surface area (Å²) in [7, 11) is 0. The van der Waals surface area contributed by atoms with Crippen LogP contribution in [-0.2, 0) is 14.3 Å². The summed E-state index contributed by atoms with van der Waals surface area (Å²) in [5.41, 5.74) is 1.18. The smallest absolute Gasteiger partial charge is 0.309 e. The lowest BCUT2D eigenvalue weighted by Gasteiger charge is -2.33. The SMILES string of the molecule is O=C(NCCN1CCOC(c2ccccc2)C1)C(=O)NC1CCCCCC1. The van der Waals surface area contributed by atoms with Crippen molar-refractivity contribution < 1.29 is 14.3 Å². The molecule has 3 rings (SSSR count). The predicted molar refractivity (Wildman–Crippen MR) is 104 cm³/mol. The first-order valence-corrected chi connectivity index (χ1v) is 10.2. The van der Waals surface area contributed by atoms with Gasteiger partial charge in [-0.05, 0) is 18.4 Å². The summed E-state index contributed by atoms with van der Waals surface area (Å²) in [5.74, 6) is -1.02. The van der Waals surface area contributed by atoms with E-state index in [4.69, 9.17) is 4.74 Å². The van der Waals surface area contributed by atoms with Gasteiger partial charge >= 0.3 is 11.8 Å². The highest BCUT2D eigenvalue weighted by atomic mass is 16.5. The molecule has 1 aliphatic heterocycles. The number of amides is 2. The van der Waals surface area contributed by atoms with Gasteiger partial charge in [-0.1, -0.05) is 56.0 Å². The third-order valence-electron chi connectivity index (χ3n) is 5.43. The van der Waals surface area contributed by atoms with Crippen molar-refractivity contribution in [2.75, 3.05) is 32.8 Å². The van der Waals surface area contributed by atoms with Crippen LogP contribution in [0.5, 0.6) is 0 Å². The van der Waals surface area contributed by atoms with E-state index in [0.29, 0.717) is 13.2 Å². The van der Waals surface area contributed by atoms with Gasteiger partial charge in [0.1, 0.15) is 0 Å². The Morgan fingerprint density at radius 1 is 1.04 bits per heavy atom. The highest BCUT2D eigenvalue weighted by Gasteiger charge is 2.23. The van der Waals surface area contributed by atoms with Crippen molar-refractivity contribution in [3.63, 3.8) is 0 Å². The number of benzene rings is 1. The van der Waals surface area contributed by atoms with Crippen molar-refractivity contribution in [1.29, 1.82) is 0 Å². The maximum atomic E-state index is 12.1. The second-order valence-corrected chi connectivity index (χ2v) is 7.49. The van der Waals surface area contributed by atoms with Crippen LogP contribution in [0.4, 0.5) is 0 Å². The van der Waals surface area contributed by atoms with Gasteiger partial charge in [-0.3, -0.25) is 14.5 Å². The number of morpholine rings is 1. The Morgan fingerprint density at radius 2 is 1.78 bits per heavy atom. The van der Waals surface area contributed by atoms with Gasteiger partial charge in [0.05, 0.1) is 12.7 Å². The van der Waals surface area contributed by atoms with Crippen LogP contribution in [0.3, 0.4) is 0 Å². The summed E-state index contributed by atoms with van der Waals surface area (Å²) in [4.78, 5) is 26.4. The number of rotatable bonds is 5. The molecule has 27 heavy (non-hydrogen) atoms. The van der Waals surface area contributed by atoms with E-state index in [1.54, 1.807) is 0 Å². The quantitative estimate of drug-likeness (QED) is 0.612. The zero-order valence-electron chi connectivity index (χ0n) is 16.0. The number of nitrogens with one attached hydrogen (secondary N) is 2. The Balaban J connectivity index is 1.37. The fourth-order valence-electron chi connectivity index (χ4n) is 3.86. The largest absolute Gasteiger partial charge is 0.371 e. The first-order valence-electron chi connectivity index (χ1n) is 10.2. The molecule has 1 aromatic carbocycles. The molecule has 1 saturated carbocycles. The molecule has 0 aromatic heterocycles. The maximum Gasteiger partial charge on any atom is 0.309 e. The number of carbonyl (C=O) groups excluding carboxylic acids is 2. The van der Waals surface area contributed by atoms with Crippen LogP contribution < -0.4 is 10.6 Å². The monoisotopic (exact) mass is 373 g/mol. The minimum absolute atomic E-state index is 0.0641. The number of hydrogen-bond donors (Lipinski definition) is 2. The van der Waals surface area contributed by atoms with Gasteiger partial charge in [-0.2, -0.15) is 0 Å². The topological polar surface area (TPSA) is 70.7 Å². The lowest BCUT2D eigenvalue weighted by Crippen LogP contribution is -2.47. The molecule has 2 N–H and O–H groups in total. The molecule has 1 saturated heterocycles. The van der Waals surface area contributed by atoms with Gasteiger partial charge in [-0.15, -0.1) is 0 Å². The third-order valence-corrected chi connectivity index (χ3v) is 5.43. The Morgan fingerprint density at radius 3 is 2.52 bits per heavy atom. The summed E-state index contributed by atoms with van der Waals surface area (Å²) in [6.45, 7) is 3.50. The molecule has 1 aromatic rings. The number of hydrogen-bond acceptors (Lipinski definition) is 4. The Hall–Kier alpha value is -1.92. The van der Waals surface area contributed by atoms with Crippen LogP contribution in [0, 0.1) is 0 Å². The molecule has 1 unspecified atom stereocenters. The second-order valence-electron chi connectivity index (χ2n) is 7.49. The summed E-state index contributed by atoms with van der Waals surface area (Å²) in [6, 6.07) is 10.3. The molecule has 1 aliphatic carbocycles. The van der Waals surface area contributed by atoms with Crippen LogP contribution in [0.15, 0.2) is 30.3 Å². The van der Waals surface area contributed by atoms with Crippen LogP contribution in [0.2, 0.25) is 0 Å². The van der Waals surface area contributed by atoms with E-state index in [-0.39, 0.29) is 12.1 Å². The number of nitrogens with zero attached hydrogens (tertiary/aromatic N) is 1. The van der Waals surface area contributed by atoms with Crippen LogP contribution in [-0.4, -0.2) is 55.5 Å². The normalized spacial score (nSPS) is 22.0. The predicted octanol–water partition coefficient (Wildman–Crippen LogP) is 2.02. The Kier molecular flexibility index (Phi) is 7.66. The number of carbonyl (C=O) groups is 2. The van der Waals surface area contributed by atoms with Crippen LogP contribution in [0.1, 0.15) is 50.2 Å². The summed E-state index contributed by atoms with van der Waals surface area (Å²) >= 11 is 0. The molecule has 0 spiro atoms. The Labute approximate surface area is 161 Å². The average Bonchev–Trinajstić information content (AvgIpc) is 2.97. The molecule has 1 heterocycles. The van der Waals surface area contributed by atoms with Gasteiger partial charge in [0.25, 0.3) is 0 Å². The van der Waals surface area contributed by atoms with Crippen molar-refractivity contribution >= 4 is 11.8 Å². The standard InChI is InChI=1S/C21H31N3O3/c25-20(21(26)23-18-10-6-1-2-7-11-18)22-12-13-24-14-15-27-19(16-24)17-8-4-3-5-9-17/h3-5,8-9,18-19H,1-2,6-7,10-16H2,(H,22,25)(H,23,26). The molecular formula is C21H31N3O3. The molecule has 0 bridgehead atoms. The van der Waals surface area contributed by atoms with Crippen LogP contribution >= 0.6 is 0 Å². The van der Waals surface area contributed by atoms with Crippen molar-refractivity contribution in [2.45, 2.75) is 50.7 Å². The molecule has 6 heteroatoms. The molecule has 148 valence electrons. The van der Waals surface area contributed by atoms with Crippen molar-refractivity contribution in [2.24, 2.45) is 0 Å². The summed E-state index contributed by atoms with van der Waals surface area (Å²) < 4.78 is 5.86. The Bertz CT molecular complexity index is 600. The number of ether oxygens (including phenoxy) is 1. The molecule has 2 fully saturated rings. The van der Waals surface area contributed by atoms with E-state index in [2.05, 4.69) is 27.7 Å². The van der Waals surface area contributed by atoms with E-state index in [0.717, 1.165) is 45.3 Å². The molecular weight excluding hydrogens is 342 g/mol. The third kappa shape index (κ3) is 6.33. The lowest BCUT2D eigenvalue weighted by molar-refractivity contribution is -0.139. The first-order chi connectivity index (χ1) is 13.2. The van der Waals surface area contributed by atoms with E-state index >= 15 is 0 Å². The minimum atomic E-state index is -0.521. The summed E-state index contributed by atoms with van der Waals surface area (Å²) in [5, 5.41) is 5.65. The van der Waals surface area contributed by atoms with Gasteiger partial charge in [0.15, 0.2) is 0 Å². The van der Waals surface area contributed by atoms with Gasteiger partial charge in [0.2, 0.25) is 0 Å². The van der Waals surface area contributed by atoms with Crippen LogP contribution in [0.25, 0.3) is 0 Å². The fraction of sp³-hybridized carbons (Fsp3) is 0.619. The molecule has 2 amide bonds. The summed E-state index contributed by atoms with van der Waals surface area (Å²) in [6.07, 6.45) is 6.73. The van der Waals surface area contributed by atoms with Crippen molar-refractivity contribution in [3.8, 4) is 0 Å². The zero-order chi connectivity index (χ0) is 18.9. The average molecular weight is 373 g/mol. The fourth-order valence-corrected chi connectivity index (χ4v) is 3.86. The second kappa shape index (κ2) is 10.4. The van der Waals surface area contributed by atoms with E-state index in [9.17, 15) is 9.59 Å². The first kappa shape index (κ1) is 19.8. The zero-order valence-corrected chi connectivity index (χ0v) is 16.0. The molecule has 6 nitrogen and oxygen atoms in total. The van der Waals surface area contributed by atoms with Gasteiger partial charge < -0.3 is 15.4 Å². The maximum absolute atomic E-state index is 12.1. The van der Waals surface area contributed by atoms with Gasteiger partial charge in [0, 0.05) is 32.2 Å². The molecule has 2 aliphatic rings. The lowest BCUT2D eigenvalue weighted by atomic mass is 10.1. The molecule has 1 atom stereocenters. The molecule has 0 radical (unpaired) electrons. The van der Waals surface area contributed by atoms with Crippen molar-refractivity contribution in [3.05, 3.63) is 35.9 Å². The van der Waals surface area contributed by atoms with Gasteiger partial charge in [-0.25, -0.2) is 0 Å². The van der Waals surface area contributed by atoms with E-state index in [1.807, 2.05) is 18.2 Å². The van der Waals surface area contributed by atoms with E-state index < -0.39 is 11.8 Å². The highest BCUT2D eigenvalue weighted by molar-refractivity contribution is 6.35. The minimum Gasteiger partial charge on any atom is -0.371 e. The van der Waals surface area contributed by atoms with Crippen molar-refractivity contribution in [1.82, 2.24) is 15.5 Å². The highest BCUT2D eigenvalue weighted by Crippen LogP contribution is 2.21.